The van der Waals surface area contributed by atoms with Crippen molar-refractivity contribution in [1.29, 1.82) is 0 Å². The summed E-state index contributed by atoms with van der Waals surface area (Å²) >= 11 is 0. The first-order valence-corrected chi connectivity index (χ1v) is 7.65. The lowest BCUT2D eigenvalue weighted by molar-refractivity contribution is -0.137. The highest BCUT2D eigenvalue weighted by molar-refractivity contribution is 5.86. The third-order valence-electron chi connectivity index (χ3n) is 3.02. The van der Waals surface area contributed by atoms with Crippen LogP contribution in [0.15, 0.2) is 30.3 Å². The number of benzene rings is 1. The average Bonchev–Trinajstić information content (AvgIpc) is 2.44. The van der Waals surface area contributed by atoms with Gasteiger partial charge in [-0.15, -0.1) is 0 Å². The van der Waals surface area contributed by atoms with Gasteiger partial charge in [0, 0.05) is 0 Å². The van der Waals surface area contributed by atoms with Gasteiger partial charge in [-0.25, -0.2) is 4.79 Å². The van der Waals surface area contributed by atoms with Gasteiger partial charge in [0.15, 0.2) is 0 Å². The van der Waals surface area contributed by atoms with E-state index in [0.29, 0.717) is 5.56 Å². The normalized spacial score (nSPS) is 13.5. The standard InChI is InChI=1S/C17H24N2O5/c1-11(18-16(23)24-17(2,3)4)15(22)19-13(10-14(20)21)12-8-6-5-7-9-12/h5-9,11,13H,10H2,1-4H3,(H,18,23)(H,19,22)(H,20,21)/t11-,13-/m1/s1. The third-order valence-corrected chi connectivity index (χ3v) is 3.02. The van der Waals surface area contributed by atoms with Crippen molar-refractivity contribution in [2.45, 2.75) is 51.8 Å². The van der Waals surface area contributed by atoms with E-state index >= 15 is 0 Å². The maximum Gasteiger partial charge on any atom is 0.408 e. The molecule has 2 amide bonds. The van der Waals surface area contributed by atoms with Crippen molar-refractivity contribution in [3.63, 3.8) is 0 Å². The van der Waals surface area contributed by atoms with E-state index in [1.54, 1.807) is 51.1 Å². The summed E-state index contributed by atoms with van der Waals surface area (Å²) in [5.41, 5.74) is 0.00797. The molecule has 1 aromatic rings. The number of nitrogens with one attached hydrogen (secondary N) is 2. The van der Waals surface area contributed by atoms with Crippen molar-refractivity contribution < 1.29 is 24.2 Å². The Labute approximate surface area is 141 Å². The van der Waals surface area contributed by atoms with Gasteiger partial charge in [-0.05, 0) is 33.3 Å². The molecular weight excluding hydrogens is 312 g/mol. The van der Waals surface area contributed by atoms with Crippen LogP contribution in [0.3, 0.4) is 0 Å². The number of hydrogen-bond donors (Lipinski definition) is 3. The average molecular weight is 336 g/mol. The molecule has 0 aliphatic rings. The SMILES string of the molecule is C[C@@H](NC(=O)OC(C)(C)C)C(=O)N[C@H](CC(=O)O)c1ccccc1. The zero-order chi connectivity index (χ0) is 18.3. The molecule has 3 N–H and O–H groups in total. The van der Waals surface area contributed by atoms with Crippen LogP contribution in [0.4, 0.5) is 4.79 Å². The second kappa shape index (κ2) is 8.33. The topological polar surface area (TPSA) is 105 Å². The fraction of sp³-hybridized carbons (Fsp3) is 0.471. The highest BCUT2D eigenvalue weighted by Crippen LogP contribution is 2.16. The van der Waals surface area contributed by atoms with Gasteiger partial charge in [0.1, 0.15) is 11.6 Å². The van der Waals surface area contributed by atoms with Crippen LogP contribution in [0.5, 0.6) is 0 Å². The van der Waals surface area contributed by atoms with E-state index in [-0.39, 0.29) is 6.42 Å². The molecule has 2 atom stereocenters. The van der Waals surface area contributed by atoms with Gasteiger partial charge in [0.25, 0.3) is 0 Å². The Hall–Kier alpha value is -2.57. The lowest BCUT2D eigenvalue weighted by atomic mass is 10.0. The summed E-state index contributed by atoms with van der Waals surface area (Å²) in [7, 11) is 0. The Morgan fingerprint density at radius 1 is 1.12 bits per heavy atom. The Morgan fingerprint density at radius 2 is 1.71 bits per heavy atom. The summed E-state index contributed by atoms with van der Waals surface area (Å²) in [4.78, 5) is 35.0. The first-order chi connectivity index (χ1) is 11.1. The predicted octanol–water partition coefficient (Wildman–Crippen LogP) is 2.23. The van der Waals surface area contributed by atoms with Crippen LogP contribution in [0, 0.1) is 0 Å². The van der Waals surface area contributed by atoms with Gasteiger partial charge < -0.3 is 20.5 Å². The Balaban J connectivity index is 2.70. The second-order valence-corrected chi connectivity index (χ2v) is 6.44. The number of carbonyl (C=O) groups excluding carboxylic acids is 2. The molecule has 0 aliphatic carbocycles. The molecule has 0 bridgehead atoms. The largest absolute Gasteiger partial charge is 0.481 e. The number of aliphatic carboxylic acids is 1. The molecule has 7 nitrogen and oxygen atoms in total. The maximum atomic E-state index is 12.2. The van der Waals surface area contributed by atoms with E-state index in [1.807, 2.05) is 0 Å². The number of alkyl carbamates (subject to hydrolysis) is 1. The molecule has 0 fully saturated rings. The number of carbonyl (C=O) groups is 3. The molecular formula is C17H24N2O5. The van der Waals surface area contributed by atoms with Gasteiger partial charge in [-0.3, -0.25) is 9.59 Å². The van der Waals surface area contributed by atoms with Crippen molar-refractivity contribution >= 4 is 18.0 Å². The van der Waals surface area contributed by atoms with Gasteiger partial charge in [0.2, 0.25) is 5.91 Å². The molecule has 0 heterocycles. The molecule has 24 heavy (non-hydrogen) atoms. The molecule has 1 aromatic carbocycles. The fourth-order valence-electron chi connectivity index (χ4n) is 1.96. The maximum absolute atomic E-state index is 12.2. The molecule has 0 aromatic heterocycles. The Kier molecular flexibility index (Phi) is 6.76. The van der Waals surface area contributed by atoms with E-state index < -0.39 is 35.7 Å². The lowest BCUT2D eigenvalue weighted by Gasteiger charge is -2.23. The number of carboxylic acid groups (broad SMARTS) is 1. The van der Waals surface area contributed by atoms with Crippen molar-refractivity contribution in [3.05, 3.63) is 35.9 Å². The van der Waals surface area contributed by atoms with Crippen molar-refractivity contribution in [2.75, 3.05) is 0 Å². The lowest BCUT2D eigenvalue weighted by Crippen LogP contribution is -2.47. The van der Waals surface area contributed by atoms with E-state index in [2.05, 4.69) is 10.6 Å². The van der Waals surface area contributed by atoms with Crippen LogP contribution < -0.4 is 10.6 Å². The van der Waals surface area contributed by atoms with Crippen LogP contribution >= 0.6 is 0 Å². The van der Waals surface area contributed by atoms with Crippen LogP contribution in [0.2, 0.25) is 0 Å². The van der Waals surface area contributed by atoms with Crippen molar-refractivity contribution in [2.24, 2.45) is 0 Å². The summed E-state index contributed by atoms with van der Waals surface area (Å²) in [5, 5.41) is 14.1. The van der Waals surface area contributed by atoms with E-state index in [0.717, 1.165) is 0 Å². The zero-order valence-electron chi connectivity index (χ0n) is 14.3. The summed E-state index contributed by atoms with van der Waals surface area (Å²) in [5.74, 6) is -1.52. The van der Waals surface area contributed by atoms with Gasteiger partial charge in [0.05, 0.1) is 12.5 Å². The molecule has 0 spiro atoms. The first kappa shape index (κ1) is 19.5. The van der Waals surface area contributed by atoms with E-state index in [9.17, 15) is 14.4 Å². The Morgan fingerprint density at radius 3 is 2.21 bits per heavy atom. The summed E-state index contributed by atoms with van der Waals surface area (Å²) in [6.07, 6.45) is -0.964. The molecule has 132 valence electrons. The van der Waals surface area contributed by atoms with Crippen LogP contribution in [-0.4, -0.2) is 34.7 Å². The zero-order valence-corrected chi connectivity index (χ0v) is 14.3. The number of ether oxygens (including phenoxy) is 1. The van der Waals surface area contributed by atoms with Gasteiger partial charge >= 0.3 is 12.1 Å². The minimum Gasteiger partial charge on any atom is -0.481 e. The predicted molar refractivity (Wildman–Crippen MR) is 88.4 cm³/mol. The molecule has 0 saturated carbocycles. The van der Waals surface area contributed by atoms with Gasteiger partial charge in [-0.2, -0.15) is 0 Å². The molecule has 0 radical (unpaired) electrons. The number of carboxylic acids is 1. The number of hydrogen-bond acceptors (Lipinski definition) is 4. The minimum atomic E-state index is -1.03. The summed E-state index contributed by atoms with van der Waals surface area (Å²) < 4.78 is 5.09. The van der Waals surface area contributed by atoms with Crippen LogP contribution in [-0.2, 0) is 14.3 Å². The van der Waals surface area contributed by atoms with Crippen molar-refractivity contribution in [1.82, 2.24) is 10.6 Å². The van der Waals surface area contributed by atoms with Crippen LogP contribution in [0.1, 0.15) is 45.7 Å². The molecule has 0 aliphatic heterocycles. The minimum absolute atomic E-state index is 0.255. The summed E-state index contributed by atoms with van der Waals surface area (Å²) in [6, 6.07) is 7.26. The highest BCUT2D eigenvalue weighted by atomic mass is 16.6. The van der Waals surface area contributed by atoms with E-state index in [4.69, 9.17) is 9.84 Å². The van der Waals surface area contributed by atoms with Crippen molar-refractivity contribution in [3.8, 4) is 0 Å². The highest BCUT2D eigenvalue weighted by Gasteiger charge is 2.24. The second-order valence-electron chi connectivity index (χ2n) is 6.44. The molecule has 0 unspecified atom stereocenters. The molecule has 0 saturated heterocycles. The monoisotopic (exact) mass is 336 g/mol. The van der Waals surface area contributed by atoms with E-state index in [1.165, 1.54) is 6.92 Å². The summed E-state index contributed by atoms with van der Waals surface area (Å²) in [6.45, 7) is 6.66. The molecule has 1 rings (SSSR count). The smallest absolute Gasteiger partial charge is 0.408 e. The number of amides is 2. The Bertz CT molecular complexity index is 580. The first-order valence-electron chi connectivity index (χ1n) is 7.65. The fourth-order valence-corrected chi connectivity index (χ4v) is 1.96. The van der Waals surface area contributed by atoms with Gasteiger partial charge in [-0.1, -0.05) is 30.3 Å². The number of rotatable bonds is 6. The van der Waals surface area contributed by atoms with Crippen LogP contribution in [0.25, 0.3) is 0 Å². The molecule has 7 heteroatoms. The third kappa shape index (κ3) is 7.13. The quantitative estimate of drug-likeness (QED) is 0.739.